The molecule has 1 fully saturated rings. The highest BCUT2D eigenvalue weighted by Gasteiger charge is 2.31. The van der Waals surface area contributed by atoms with Gasteiger partial charge >= 0.3 is 0 Å². The molecule has 1 aliphatic rings. The number of benzene rings is 1. The molecule has 4 nitrogen and oxygen atoms in total. The quantitative estimate of drug-likeness (QED) is 0.879. The highest BCUT2D eigenvalue weighted by molar-refractivity contribution is 7.89. The third-order valence-electron chi connectivity index (χ3n) is 3.47. The van der Waals surface area contributed by atoms with E-state index in [0.29, 0.717) is 13.0 Å². The molecule has 1 aromatic carbocycles. The maximum absolute atomic E-state index is 13.5. The van der Waals surface area contributed by atoms with Gasteiger partial charge in [0.05, 0.1) is 0 Å². The van der Waals surface area contributed by atoms with Gasteiger partial charge in [0.15, 0.2) is 11.6 Å². The molecule has 106 valence electrons. The van der Waals surface area contributed by atoms with Crippen molar-refractivity contribution >= 4 is 10.0 Å². The average Bonchev–Trinajstić information content (AvgIpc) is 2.78. The van der Waals surface area contributed by atoms with E-state index < -0.39 is 26.6 Å². The summed E-state index contributed by atoms with van der Waals surface area (Å²) in [5.74, 6) is -2.48. The van der Waals surface area contributed by atoms with E-state index in [9.17, 15) is 17.2 Å². The molecular weight excluding hydrogens is 274 g/mol. The van der Waals surface area contributed by atoms with E-state index in [1.165, 1.54) is 6.07 Å². The van der Waals surface area contributed by atoms with Crippen LogP contribution in [0.15, 0.2) is 23.1 Å². The van der Waals surface area contributed by atoms with Crippen LogP contribution in [0.5, 0.6) is 0 Å². The second-order valence-electron chi connectivity index (χ2n) is 4.71. The Morgan fingerprint density at radius 2 is 2.05 bits per heavy atom. The van der Waals surface area contributed by atoms with Crippen molar-refractivity contribution in [2.45, 2.75) is 30.2 Å². The van der Waals surface area contributed by atoms with E-state index in [-0.39, 0.29) is 12.0 Å². The summed E-state index contributed by atoms with van der Waals surface area (Å²) in [6, 6.07) is 2.79. The summed E-state index contributed by atoms with van der Waals surface area (Å²) in [6.45, 7) is 0.374. The van der Waals surface area contributed by atoms with Gasteiger partial charge in [0.2, 0.25) is 10.0 Å². The molecular formula is C12H16F2N2O2S. The van der Waals surface area contributed by atoms with Crippen molar-refractivity contribution in [1.29, 1.82) is 0 Å². The molecule has 19 heavy (non-hydrogen) atoms. The largest absolute Gasteiger partial charge is 0.330 e. The second-order valence-corrected chi connectivity index (χ2v) is 6.39. The van der Waals surface area contributed by atoms with E-state index in [1.807, 2.05) is 0 Å². The maximum Gasteiger partial charge on any atom is 0.243 e. The molecule has 2 atom stereocenters. The standard InChI is InChI=1S/C12H16F2N2O2S/c13-9-4-2-6-11(12(9)14)19(17,18)16-10-5-1-3-8(10)7-15/h2,4,6,8,10,16H,1,3,5,7,15H2/t8-,10-/m0/s1. The van der Waals surface area contributed by atoms with Crippen LogP contribution in [0.4, 0.5) is 8.78 Å². The maximum atomic E-state index is 13.5. The van der Waals surface area contributed by atoms with Crippen molar-refractivity contribution in [3.05, 3.63) is 29.8 Å². The van der Waals surface area contributed by atoms with Crippen LogP contribution in [0.1, 0.15) is 19.3 Å². The van der Waals surface area contributed by atoms with Gasteiger partial charge in [-0.1, -0.05) is 12.5 Å². The molecule has 0 heterocycles. The molecule has 1 aromatic rings. The SMILES string of the molecule is NC[C@@H]1CCC[C@@H]1NS(=O)(=O)c1cccc(F)c1F. The van der Waals surface area contributed by atoms with Crippen molar-refractivity contribution in [3.63, 3.8) is 0 Å². The molecule has 0 aliphatic heterocycles. The third kappa shape index (κ3) is 2.93. The lowest BCUT2D eigenvalue weighted by atomic mass is 10.1. The zero-order valence-electron chi connectivity index (χ0n) is 10.3. The van der Waals surface area contributed by atoms with Gasteiger partial charge in [-0.15, -0.1) is 0 Å². The van der Waals surface area contributed by atoms with Crippen LogP contribution >= 0.6 is 0 Å². The summed E-state index contributed by atoms with van der Waals surface area (Å²) in [6.07, 6.45) is 2.38. The van der Waals surface area contributed by atoms with Gasteiger partial charge in [0.1, 0.15) is 4.90 Å². The molecule has 2 rings (SSSR count). The summed E-state index contributed by atoms with van der Waals surface area (Å²) < 4.78 is 53.2. The van der Waals surface area contributed by atoms with Crippen molar-refractivity contribution in [2.75, 3.05) is 6.54 Å². The number of halogens is 2. The molecule has 0 amide bonds. The van der Waals surface area contributed by atoms with Gasteiger partial charge in [-0.05, 0) is 37.4 Å². The van der Waals surface area contributed by atoms with Gasteiger partial charge in [-0.25, -0.2) is 21.9 Å². The van der Waals surface area contributed by atoms with Gasteiger partial charge in [-0.3, -0.25) is 0 Å². The first-order valence-electron chi connectivity index (χ1n) is 6.12. The molecule has 1 aliphatic carbocycles. The molecule has 3 N–H and O–H groups in total. The second kappa shape index (κ2) is 5.52. The molecule has 0 spiro atoms. The summed E-state index contributed by atoms with van der Waals surface area (Å²) in [4.78, 5) is -0.657. The van der Waals surface area contributed by atoms with Crippen LogP contribution in [-0.4, -0.2) is 21.0 Å². The summed E-state index contributed by atoms with van der Waals surface area (Å²) >= 11 is 0. The number of nitrogens with one attached hydrogen (secondary N) is 1. The van der Waals surface area contributed by atoms with E-state index in [1.54, 1.807) is 0 Å². The van der Waals surface area contributed by atoms with Crippen LogP contribution < -0.4 is 10.5 Å². The van der Waals surface area contributed by atoms with E-state index >= 15 is 0 Å². The van der Waals surface area contributed by atoms with Crippen molar-refractivity contribution in [2.24, 2.45) is 11.7 Å². The van der Waals surface area contributed by atoms with Gasteiger partial charge in [0.25, 0.3) is 0 Å². The lowest BCUT2D eigenvalue weighted by Crippen LogP contribution is -2.40. The van der Waals surface area contributed by atoms with Crippen molar-refractivity contribution in [3.8, 4) is 0 Å². The third-order valence-corrected chi connectivity index (χ3v) is 4.98. The number of rotatable bonds is 4. The number of nitrogens with two attached hydrogens (primary N) is 1. The van der Waals surface area contributed by atoms with Gasteiger partial charge < -0.3 is 5.73 Å². The average molecular weight is 290 g/mol. The zero-order valence-corrected chi connectivity index (χ0v) is 11.1. The Kier molecular flexibility index (Phi) is 4.17. The summed E-state index contributed by atoms with van der Waals surface area (Å²) in [5.41, 5.74) is 5.57. The number of sulfonamides is 1. The Morgan fingerprint density at radius 1 is 1.32 bits per heavy atom. The van der Waals surface area contributed by atoms with E-state index in [2.05, 4.69) is 4.72 Å². The Hall–Kier alpha value is -1.05. The Balaban J connectivity index is 2.25. The molecule has 0 unspecified atom stereocenters. The highest BCUT2D eigenvalue weighted by Crippen LogP contribution is 2.27. The fraction of sp³-hybridized carbons (Fsp3) is 0.500. The first-order chi connectivity index (χ1) is 8.95. The minimum Gasteiger partial charge on any atom is -0.330 e. The Labute approximate surface area is 111 Å². The minimum atomic E-state index is -4.06. The molecule has 7 heteroatoms. The fourth-order valence-electron chi connectivity index (χ4n) is 2.43. The molecule has 1 saturated carbocycles. The predicted octanol–water partition coefficient (Wildman–Crippen LogP) is 1.37. The topological polar surface area (TPSA) is 72.2 Å². The van der Waals surface area contributed by atoms with Crippen molar-refractivity contribution < 1.29 is 17.2 Å². The zero-order chi connectivity index (χ0) is 14.0. The monoisotopic (exact) mass is 290 g/mol. The predicted molar refractivity (Wildman–Crippen MR) is 66.9 cm³/mol. The Morgan fingerprint density at radius 3 is 2.74 bits per heavy atom. The van der Waals surface area contributed by atoms with Gasteiger partial charge in [-0.2, -0.15) is 0 Å². The van der Waals surface area contributed by atoms with Crippen LogP contribution in [-0.2, 0) is 10.0 Å². The van der Waals surface area contributed by atoms with Crippen molar-refractivity contribution in [1.82, 2.24) is 4.72 Å². The lowest BCUT2D eigenvalue weighted by molar-refractivity contribution is 0.446. The van der Waals surface area contributed by atoms with Gasteiger partial charge in [0, 0.05) is 6.04 Å². The Bertz CT molecular complexity index is 563. The lowest BCUT2D eigenvalue weighted by Gasteiger charge is -2.19. The first-order valence-corrected chi connectivity index (χ1v) is 7.60. The van der Waals surface area contributed by atoms with E-state index in [4.69, 9.17) is 5.73 Å². The molecule has 0 radical (unpaired) electrons. The molecule has 0 aromatic heterocycles. The summed E-state index contributed by atoms with van der Waals surface area (Å²) in [7, 11) is -4.06. The number of hydrogen-bond donors (Lipinski definition) is 2. The minimum absolute atomic E-state index is 0.0476. The smallest absolute Gasteiger partial charge is 0.243 e. The van der Waals surface area contributed by atoms with E-state index in [0.717, 1.165) is 25.0 Å². The molecule has 0 saturated heterocycles. The molecule has 0 bridgehead atoms. The van der Waals surface area contributed by atoms with Crippen LogP contribution in [0.3, 0.4) is 0 Å². The van der Waals surface area contributed by atoms with Crippen LogP contribution in [0.2, 0.25) is 0 Å². The summed E-state index contributed by atoms with van der Waals surface area (Å²) in [5, 5.41) is 0. The normalized spacial score (nSPS) is 23.7. The van der Waals surface area contributed by atoms with Crippen LogP contribution in [0, 0.1) is 17.6 Å². The number of hydrogen-bond acceptors (Lipinski definition) is 3. The fourth-order valence-corrected chi connectivity index (χ4v) is 3.86. The first kappa shape index (κ1) is 14.4. The highest BCUT2D eigenvalue weighted by atomic mass is 32.2. The van der Waals surface area contributed by atoms with Crippen LogP contribution in [0.25, 0.3) is 0 Å².